The van der Waals surface area contributed by atoms with Gasteiger partial charge < -0.3 is 5.11 Å². The van der Waals surface area contributed by atoms with Gasteiger partial charge in [-0.2, -0.15) is 0 Å². The van der Waals surface area contributed by atoms with E-state index in [1.54, 1.807) is 0 Å². The van der Waals surface area contributed by atoms with Crippen molar-refractivity contribution in [2.75, 3.05) is 19.6 Å². The molecule has 23 heavy (non-hydrogen) atoms. The third-order valence-electron chi connectivity index (χ3n) is 4.56. The van der Waals surface area contributed by atoms with Crippen LogP contribution in [0.2, 0.25) is 0 Å². The lowest BCUT2D eigenvalue weighted by atomic mass is 9.98. The smallest absolute Gasteiger partial charge is 0.317 e. The summed E-state index contributed by atoms with van der Waals surface area (Å²) in [5.74, 6) is -0.541. The Morgan fingerprint density at radius 3 is 2.65 bits per heavy atom. The fourth-order valence-corrected chi connectivity index (χ4v) is 3.11. The standard InChI is InChI=1S/C17H22N4O2/c1-13(14-5-3-2-4-6-14)16-11-21(19-18-16)15-7-9-20(10-8-15)12-17(22)23/h2-6,11,13,15H,7-10,12H2,1H3,(H,22,23). The maximum Gasteiger partial charge on any atom is 0.317 e. The van der Waals surface area contributed by atoms with E-state index in [9.17, 15) is 4.79 Å². The molecule has 1 aromatic heterocycles. The molecule has 0 radical (unpaired) electrons. The molecule has 1 saturated heterocycles. The lowest BCUT2D eigenvalue weighted by Crippen LogP contribution is -2.38. The maximum atomic E-state index is 10.8. The van der Waals surface area contributed by atoms with Crippen molar-refractivity contribution in [1.82, 2.24) is 19.9 Å². The highest BCUT2D eigenvalue weighted by atomic mass is 16.4. The van der Waals surface area contributed by atoms with Gasteiger partial charge in [0.2, 0.25) is 0 Å². The van der Waals surface area contributed by atoms with Gasteiger partial charge >= 0.3 is 5.97 Å². The van der Waals surface area contributed by atoms with Crippen LogP contribution in [0.25, 0.3) is 0 Å². The SMILES string of the molecule is CC(c1ccccc1)c1cn(C2CCN(CC(=O)O)CC2)nn1. The largest absolute Gasteiger partial charge is 0.480 e. The van der Waals surface area contributed by atoms with E-state index < -0.39 is 5.97 Å². The van der Waals surface area contributed by atoms with E-state index in [0.717, 1.165) is 31.6 Å². The van der Waals surface area contributed by atoms with Crippen molar-refractivity contribution < 1.29 is 9.90 Å². The molecule has 0 spiro atoms. The minimum Gasteiger partial charge on any atom is -0.480 e. The van der Waals surface area contributed by atoms with E-state index >= 15 is 0 Å². The first kappa shape index (κ1) is 15.7. The minimum atomic E-state index is -0.761. The van der Waals surface area contributed by atoms with Gasteiger partial charge in [-0.15, -0.1) is 5.10 Å². The Hall–Kier alpha value is -2.21. The average Bonchev–Trinajstić information content (AvgIpc) is 3.05. The number of aliphatic carboxylic acids is 1. The number of hydrogen-bond acceptors (Lipinski definition) is 4. The second-order valence-electron chi connectivity index (χ2n) is 6.16. The zero-order chi connectivity index (χ0) is 16.2. The van der Waals surface area contributed by atoms with Gasteiger partial charge in [-0.3, -0.25) is 9.69 Å². The van der Waals surface area contributed by atoms with Gasteiger partial charge in [0.25, 0.3) is 0 Å². The summed E-state index contributed by atoms with van der Waals surface area (Å²) in [6.07, 6.45) is 3.86. The van der Waals surface area contributed by atoms with Crippen LogP contribution in [0.1, 0.15) is 43.0 Å². The third kappa shape index (κ3) is 3.76. The fourth-order valence-electron chi connectivity index (χ4n) is 3.11. The number of carboxylic acid groups (broad SMARTS) is 1. The van der Waals surface area contributed by atoms with Crippen molar-refractivity contribution in [1.29, 1.82) is 0 Å². The van der Waals surface area contributed by atoms with Gasteiger partial charge in [-0.1, -0.05) is 42.5 Å². The van der Waals surface area contributed by atoms with Crippen LogP contribution in [0.15, 0.2) is 36.5 Å². The first-order valence-corrected chi connectivity index (χ1v) is 8.04. The lowest BCUT2D eigenvalue weighted by molar-refractivity contribution is -0.138. The highest BCUT2D eigenvalue weighted by Crippen LogP contribution is 2.25. The zero-order valence-corrected chi connectivity index (χ0v) is 13.3. The summed E-state index contributed by atoms with van der Waals surface area (Å²) in [5, 5.41) is 17.5. The van der Waals surface area contributed by atoms with Gasteiger partial charge in [0, 0.05) is 25.2 Å². The molecule has 1 aromatic carbocycles. The van der Waals surface area contributed by atoms with E-state index in [1.807, 2.05) is 34.0 Å². The molecule has 2 heterocycles. The van der Waals surface area contributed by atoms with Crippen molar-refractivity contribution in [3.05, 3.63) is 47.8 Å². The van der Waals surface area contributed by atoms with Crippen molar-refractivity contribution in [2.24, 2.45) is 0 Å². The Kier molecular flexibility index (Phi) is 4.71. The highest BCUT2D eigenvalue weighted by Gasteiger charge is 2.23. The Morgan fingerprint density at radius 1 is 1.30 bits per heavy atom. The van der Waals surface area contributed by atoms with E-state index in [-0.39, 0.29) is 12.5 Å². The molecular formula is C17H22N4O2. The van der Waals surface area contributed by atoms with Crippen LogP contribution in [-0.2, 0) is 4.79 Å². The van der Waals surface area contributed by atoms with E-state index in [1.165, 1.54) is 5.56 Å². The third-order valence-corrected chi connectivity index (χ3v) is 4.56. The summed E-state index contributed by atoms with van der Waals surface area (Å²) in [5.41, 5.74) is 2.21. The average molecular weight is 314 g/mol. The molecule has 2 aromatic rings. The van der Waals surface area contributed by atoms with Gasteiger partial charge in [0.1, 0.15) is 0 Å². The normalized spacial score (nSPS) is 18.0. The fraction of sp³-hybridized carbons (Fsp3) is 0.471. The number of piperidine rings is 1. The van der Waals surface area contributed by atoms with Crippen LogP contribution in [-0.4, -0.2) is 50.6 Å². The van der Waals surface area contributed by atoms with Crippen LogP contribution in [0.4, 0.5) is 0 Å². The predicted octanol–water partition coefficient (Wildman–Crippen LogP) is 2.15. The topological polar surface area (TPSA) is 71.2 Å². The van der Waals surface area contributed by atoms with Crippen LogP contribution < -0.4 is 0 Å². The number of aromatic nitrogens is 3. The van der Waals surface area contributed by atoms with Crippen molar-refractivity contribution in [3.8, 4) is 0 Å². The van der Waals surface area contributed by atoms with Crippen LogP contribution in [0.3, 0.4) is 0 Å². The number of nitrogens with zero attached hydrogens (tertiary/aromatic N) is 4. The van der Waals surface area contributed by atoms with E-state index in [2.05, 4.69) is 29.4 Å². The Bertz CT molecular complexity index is 648. The molecule has 0 bridgehead atoms. The maximum absolute atomic E-state index is 10.8. The molecule has 122 valence electrons. The minimum absolute atomic E-state index is 0.125. The summed E-state index contributed by atoms with van der Waals surface area (Å²) in [7, 11) is 0. The number of carbonyl (C=O) groups is 1. The van der Waals surface area contributed by atoms with Crippen LogP contribution in [0, 0.1) is 0 Å². The zero-order valence-electron chi connectivity index (χ0n) is 13.3. The number of hydrogen-bond donors (Lipinski definition) is 1. The van der Waals surface area contributed by atoms with Gasteiger partial charge in [0.15, 0.2) is 0 Å². The molecule has 1 aliphatic heterocycles. The molecule has 6 nitrogen and oxygen atoms in total. The molecule has 6 heteroatoms. The van der Waals surface area contributed by atoms with Crippen molar-refractivity contribution in [3.63, 3.8) is 0 Å². The van der Waals surface area contributed by atoms with Gasteiger partial charge in [0.05, 0.1) is 18.3 Å². The van der Waals surface area contributed by atoms with Crippen molar-refractivity contribution in [2.45, 2.75) is 31.7 Å². The molecule has 0 saturated carbocycles. The first-order valence-electron chi connectivity index (χ1n) is 8.04. The molecule has 0 aliphatic carbocycles. The Morgan fingerprint density at radius 2 is 2.00 bits per heavy atom. The molecule has 1 aliphatic rings. The lowest BCUT2D eigenvalue weighted by Gasteiger charge is -2.30. The van der Waals surface area contributed by atoms with Gasteiger partial charge in [-0.25, -0.2) is 4.68 Å². The Balaban J connectivity index is 1.63. The number of benzene rings is 1. The number of rotatable bonds is 5. The summed E-state index contributed by atoms with van der Waals surface area (Å²) in [4.78, 5) is 12.7. The molecule has 3 rings (SSSR count). The number of likely N-dealkylation sites (tertiary alicyclic amines) is 1. The van der Waals surface area contributed by atoms with E-state index in [4.69, 9.17) is 5.11 Å². The van der Waals surface area contributed by atoms with E-state index in [0.29, 0.717) is 6.04 Å². The summed E-state index contributed by atoms with van der Waals surface area (Å²) >= 11 is 0. The second-order valence-corrected chi connectivity index (χ2v) is 6.16. The number of carboxylic acids is 1. The molecular weight excluding hydrogens is 292 g/mol. The first-order chi connectivity index (χ1) is 11.1. The van der Waals surface area contributed by atoms with Crippen molar-refractivity contribution >= 4 is 5.97 Å². The molecule has 1 N–H and O–H groups in total. The Labute approximate surface area is 135 Å². The summed E-state index contributed by atoms with van der Waals surface area (Å²) in [6, 6.07) is 10.6. The summed E-state index contributed by atoms with van der Waals surface area (Å²) in [6.45, 7) is 3.85. The highest BCUT2D eigenvalue weighted by molar-refractivity contribution is 5.69. The molecule has 0 amide bonds. The second kappa shape index (κ2) is 6.91. The molecule has 1 atom stereocenters. The predicted molar refractivity (Wildman–Crippen MR) is 86.3 cm³/mol. The van der Waals surface area contributed by atoms with Crippen LogP contribution in [0.5, 0.6) is 0 Å². The molecule has 1 unspecified atom stereocenters. The van der Waals surface area contributed by atoms with Gasteiger partial charge in [-0.05, 0) is 18.4 Å². The molecule has 1 fully saturated rings. The summed E-state index contributed by atoms with van der Waals surface area (Å²) < 4.78 is 1.95. The van der Waals surface area contributed by atoms with Crippen LogP contribution >= 0.6 is 0 Å². The quantitative estimate of drug-likeness (QED) is 0.915. The monoisotopic (exact) mass is 314 g/mol.